The molecule has 1 N–H and O–H groups in total. The molecule has 0 spiro atoms. The Morgan fingerprint density at radius 2 is 2.08 bits per heavy atom. The molecular weight excluding hydrogens is 153 g/mol. The van der Waals surface area contributed by atoms with Crippen LogP contribution in [0.1, 0.15) is 39.0 Å². The van der Waals surface area contributed by atoms with Gasteiger partial charge in [-0.3, -0.25) is 0 Å². The van der Waals surface area contributed by atoms with Crippen LogP contribution in [0, 0.1) is 5.92 Å². The van der Waals surface area contributed by atoms with E-state index in [1.165, 1.54) is 19.3 Å². The molecule has 2 fully saturated rings. The maximum absolute atomic E-state index is 13.2. The molecule has 0 aromatic heterocycles. The van der Waals surface area contributed by atoms with Gasteiger partial charge in [-0.05, 0) is 45.1 Å². The normalized spacial score (nSPS) is 44.0. The topological polar surface area (TPSA) is 12.0 Å². The first-order chi connectivity index (χ1) is 5.71. The van der Waals surface area contributed by atoms with Crippen LogP contribution in [0.5, 0.6) is 0 Å². The first-order valence-electron chi connectivity index (χ1n) is 5.10. The number of hydrogen-bond acceptors (Lipinski definition) is 1. The Kier molecular flexibility index (Phi) is 2.11. The third-order valence-electron chi connectivity index (χ3n) is 3.64. The number of hydrogen-bond donors (Lipinski definition) is 1. The predicted molar refractivity (Wildman–Crippen MR) is 47.9 cm³/mol. The summed E-state index contributed by atoms with van der Waals surface area (Å²) in [6.45, 7) is 3.07. The van der Waals surface area contributed by atoms with Crippen LogP contribution in [0.15, 0.2) is 0 Å². The van der Waals surface area contributed by atoms with Crippen molar-refractivity contribution in [1.82, 2.24) is 5.32 Å². The Labute approximate surface area is 73.7 Å². The maximum atomic E-state index is 13.2. The number of alkyl halides is 1. The number of halogens is 1. The molecule has 0 bridgehead atoms. The van der Waals surface area contributed by atoms with Crippen LogP contribution >= 0.6 is 0 Å². The highest BCUT2D eigenvalue weighted by molar-refractivity contribution is 4.98. The summed E-state index contributed by atoms with van der Waals surface area (Å²) >= 11 is 0. The Balaban J connectivity index is 1.97. The molecule has 1 heterocycles. The summed E-state index contributed by atoms with van der Waals surface area (Å²) in [5.74, 6) is 0.746. The minimum absolute atomic E-state index is 0.121. The molecule has 70 valence electrons. The van der Waals surface area contributed by atoms with Gasteiger partial charge in [-0.25, -0.2) is 4.39 Å². The first-order valence-corrected chi connectivity index (χ1v) is 5.10. The van der Waals surface area contributed by atoms with Crippen LogP contribution in [-0.4, -0.2) is 18.3 Å². The predicted octanol–water partition coefficient (Wildman–Crippen LogP) is 2.27. The van der Waals surface area contributed by atoms with Gasteiger partial charge in [-0.1, -0.05) is 6.42 Å². The first kappa shape index (κ1) is 8.49. The van der Waals surface area contributed by atoms with Crippen LogP contribution in [0.2, 0.25) is 0 Å². The van der Waals surface area contributed by atoms with Crippen molar-refractivity contribution in [1.29, 1.82) is 0 Å². The molecule has 2 heteroatoms. The van der Waals surface area contributed by atoms with E-state index in [2.05, 4.69) is 12.2 Å². The van der Waals surface area contributed by atoms with Gasteiger partial charge < -0.3 is 5.32 Å². The van der Waals surface area contributed by atoms with Crippen LogP contribution in [0.3, 0.4) is 0 Å². The van der Waals surface area contributed by atoms with Crippen molar-refractivity contribution in [2.24, 2.45) is 5.92 Å². The zero-order valence-electron chi connectivity index (χ0n) is 7.78. The Bertz CT molecular complexity index is 167. The molecule has 1 saturated carbocycles. The van der Waals surface area contributed by atoms with Gasteiger partial charge in [0, 0.05) is 5.54 Å². The molecule has 2 rings (SSSR count). The van der Waals surface area contributed by atoms with Gasteiger partial charge >= 0.3 is 0 Å². The van der Waals surface area contributed by atoms with Crippen LogP contribution < -0.4 is 5.32 Å². The lowest BCUT2D eigenvalue weighted by Gasteiger charge is -2.47. The Hall–Kier alpha value is -0.110. The highest BCUT2D eigenvalue weighted by atomic mass is 19.1. The molecule has 0 aromatic rings. The van der Waals surface area contributed by atoms with Crippen LogP contribution in [-0.2, 0) is 0 Å². The summed E-state index contributed by atoms with van der Waals surface area (Å²) < 4.78 is 13.2. The third-order valence-corrected chi connectivity index (χ3v) is 3.64. The van der Waals surface area contributed by atoms with Crippen molar-refractivity contribution in [3.63, 3.8) is 0 Å². The summed E-state index contributed by atoms with van der Waals surface area (Å²) in [6.07, 6.45) is 4.84. The van der Waals surface area contributed by atoms with E-state index in [9.17, 15) is 4.39 Å². The molecule has 12 heavy (non-hydrogen) atoms. The van der Waals surface area contributed by atoms with Crippen LogP contribution in [0.25, 0.3) is 0 Å². The minimum Gasteiger partial charge on any atom is -0.311 e. The fourth-order valence-corrected chi connectivity index (χ4v) is 2.51. The standard InChI is InChI=1S/C10H18FN/c1-10(8-3-2-4-8)7-9(11)5-6-12-10/h8-9,12H,2-7H2,1H3. The van der Waals surface area contributed by atoms with Gasteiger partial charge in [0.15, 0.2) is 0 Å². The lowest BCUT2D eigenvalue weighted by Crippen LogP contribution is -2.56. The van der Waals surface area contributed by atoms with Crippen molar-refractivity contribution in [3.8, 4) is 0 Å². The molecule has 2 unspecified atom stereocenters. The van der Waals surface area contributed by atoms with Gasteiger partial charge in [0.25, 0.3) is 0 Å². The van der Waals surface area contributed by atoms with E-state index >= 15 is 0 Å². The maximum Gasteiger partial charge on any atom is 0.103 e. The van der Waals surface area contributed by atoms with Gasteiger partial charge in [0.05, 0.1) is 0 Å². The van der Waals surface area contributed by atoms with Crippen molar-refractivity contribution in [3.05, 3.63) is 0 Å². The van der Waals surface area contributed by atoms with E-state index < -0.39 is 6.17 Å². The molecular formula is C10H18FN. The van der Waals surface area contributed by atoms with Gasteiger partial charge in [0.2, 0.25) is 0 Å². The Morgan fingerprint density at radius 1 is 1.33 bits per heavy atom. The Morgan fingerprint density at radius 3 is 2.58 bits per heavy atom. The van der Waals surface area contributed by atoms with Crippen molar-refractivity contribution in [2.75, 3.05) is 6.54 Å². The quantitative estimate of drug-likeness (QED) is 0.638. The summed E-state index contributed by atoms with van der Waals surface area (Å²) in [5.41, 5.74) is 0.121. The van der Waals surface area contributed by atoms with Gasteiger partial charge in [0.1, 0.15) is 6.17 Å². The fourth-order valence-electron chi connectivity index (χ4n) is 2.51. The molecule has 0 amide bonds. The average Bonchev–Trinajstić information content (AvgIpc) is 1.79. The molecule has 2 aliphatic rings. The van der Waals surface area contributed by atoms with E-state index in [0.29, 0.717) is 6.42 Å². The third kappa shape index (κ3) is 1.37. The molecule has 1 saturated heterocycles. The molecule has 0 aromatic carbocycles. The SMILES string of the molecule is CC1(C2CCC2)CC(F)CCN1. The summed E-state index contributed by atoms with van der Waals surface area (Å²) in [4.78, 5) is 0. The second kappa shape index (κ2) is 2.99. The lowest BCUT2D eigenvalue weighted by molar-refractivity contribution is 0.0716. The van der Waals surface area contributed by atoms with Gasteiger partial charge in [-0.15, -0.1) is 0 Å². The zero-order valence-corrected chi connectivity index (χ0v) is 7.78. The minimum atomic E-state index is -0.558. The zero-order chi connectivity index (χ0) is 8.60. The van der Waals surface area contributed by atoms with E-state index in [4.69, 9.17) is 0 Å². The van der Waals surface area contributed by atoms with Crippen molar-refractivity contribution in [2.45, 2.75) is 50.7 Å². The second-order valence-corrected chi connectivity index (χ2v) is 4.56. The van der Waals surface area contributed by atoms with Crippen molar-refractivity contribution >= 4 is 0 Å². The van der Waals surface area contributed by atoms with E-state index in [1.807, 2.05) is 0 Å². The molecule has 1 nitrogen and oxygen atoms in total. The number of rotatable bonds is 1. The molecule has 0 radical (unpaired) electrons. The second-order valence-electron chi connectivity index (χ2n) is 4.56. The highest BCUT2D eigenvalue weighted by Crippen LogP contribution is 2.40. The number of piperidine rings is 1. The largest absolute Gasteiger partial charge is 0.311 e. The monoisotopic (exact) mass is 171 g/mol. The molecule has 1 aliphatic carbocycles. The van der Waals surface area contributed by atoms with Gasteiger partial charge in [-0.2, -0.15) is 0 Å². The van der Waals surface area contributed by atoms with E-state index in [0.717, 1.165) is 18.9 Å². The van der Waals surface area contributed by atoms with Crippen LogP contribution in [0.4, 0.5) is 4.39 Å². The summed E-state index contributed by atoms with van der Waals surface area (Å²) in [5, 5.41) is 3.49. The fraction of sp³-hybridized carbons (Fsp3) is 1.00. The molecule has 1 aliphatic heterocycles. The molecule has 2 atom stereocenters. The van der Waals surface area contributed by atoms with E-state index in [1.54, 1.807) is 0 Å². The smallest absolute Gasteiger partial charge is 0.103 e. The average molecular weight is 171 g/mol. The highest BCUT2D eigenvalue weighted by Gasteiger charge is 2.41. The lowest BCUT2D eigenvalue weighted by atomic mass is 9.68. The summed E-state index contributed by atoms with van der Waals surface area (Å²) in [6, 6.07) is 0. The van der Waals surface area contributed by atoms with Crippen molar-refractivity contribution < 1.29 is 4.39 Å². The number of nitrogens with one attached hydrogen (secondary N) is 1. The summed E-state index contributed by atoms with van der Waals surface area (Å²) in [7, 11) is 0. The van der Waals surface area contributed by atoms with E-state index in [-0.39, 0.29) is 5.54 Å².